The number of carbonyl (C=O) groups is 2. The van der Waals surface area contributed by atoms with Crippen LogP contribution in [-0.2, 0) is 4.79 Å². The molecular formula is C28H34F2N6O4. The molecule has 3 aromatic rings. The summed E-state index contributed by atoms with van der Waals surface area (Å²) in [6.07, 6.45) is 3.31. The molecule has 0 saturated carbocycles. The number of nitrogens with one attached hydrogen (secondary N) is 2. The van der Waals surface area contributed by atoms with Crippen molar-refractivity contribution in [2.24, 2.45) is 0 Å². The zero-order valence-electron chi connectivity index (χ0n) is 22.6. The van der Waals surface area contributed by atoms with Crippen molar-refractivity contribution in [3.8, 4) is 0 Å². The molecule has 12 heteroatoms. The predicted octanol–water partition coefficient (Wildman–Crippen LogP) is 2.90. The molecule has 2 aliphatic rings. The normalized spacial score (nSPS) is 21.1. The summed E-state index contributed by atoms with van der Waals surface area (Å²) in [5.41, 5.74) is -0.0540. The van der Waals surface area contributed by atoms with Crippen LogP contribution < -0.4 is 11.0 Å². The highest BCUT2D eigenvalue weighted by atomic mass is 19.2. The Labute approximate surface area is 230 Å². The summed E-state index contributed by atoms with van der Waals surface area (Å²) in [5, 5.41) is 13.3. The molecule has 3 amide bonds. The number of aliphatic hydroxyl groups is 1. The van der Waals surface area contributed by atoms with Gasteiger partial charge in [-0.3, -0.25) is 14.3 Å². The van der Waals surface area contributed by atoms with E-state index in [0.717, 1.165) is 11.6 Å². The van der Waals surface area contributed by atoms with Gasteiger partial charge in [-0.25, -0.2) is 23.4 Å². The SMILES string of the molecule is CC(C)(O)CN1C[C@H](c2cccc(F)c2F)CC[C@@H](NC(=O)N2CCC(n3c(=O)[nH]c4ncccc43)CC2)C1=O. The highest BCUT2D eigenvalue weighted by Gasteiger charge is 2.37. The minimum absolute atomic E-state index is 0.0226. The monoisotopic (exact) mass is 556 g/mol. The number of β-amino-alcohol motifs (C(OH)–C–C–N with tert-alkyl or cyclic N) is 1. The van der Waals surface area contributed by atoms with Gasteiger partial charge in [0.25, 0.3) is 0 Å². The van der Waals surface area contributed by atoms with Crippen LogP contribution in [0.2, 0.25) is 0 Å². The fourth-order valence-electron chi connectivity index (χ4n) is 5.88. The number of hydrogen-bond acceptors (Lipinski definition) is 5. The van der Waals surface area contributed by atoms with Crippen LogP contribution in [0.25, 0.3) is 11.2 Å². The second-order valence-electron chi connectivity index (χ2n) is 11.3. The van der Waals surface area contributed by atoms with Crippen LogP contribution in [0, 0.1) is 11.6 Å². The molecule has 2 saturated heterocycles. The molecule has 1 aromatic carbocycles. The first-order valence-electron chi connectivity index (χ1n) is 13.6. The van der Waals surface area contributed by atoms with E-state index in [-0.39, 0.29) is 42.7 Å². The Morgan fingerprint density at radius 3 is 2.60 bits per heavy atom. The third kappa shape index (κ3) is 5.72. The Morgan fingerprint density at radius 1 is 1.12 bits per heavy atom. The first-order valence-corrected chi connectivity index (χ1v) is 13.6. The molecule has 2 atom stereocenters. The molecule has 4 heterocycles. The number of fused-ring (bicyclic) bond motifs is 1. The number of carbonyl (C=O) groups excluding carboxylic acids is 2. The fraction of sp³-hybridized carbons (Fsp3) is 0.500. The number of piperidine rings is 1. The van der Waals surface area contributed by atoms with Crippen molar-refractivity contribution in [2.45, 2.75) is 63.1 Å². The minimum Gasteiger partial charge on any atom is -0.389 e. The lowest BCUT2D eigenvalue weighted by Gasteiger charge is -2.34. The number of pyridine rings is 1. The molecule has 2 aliphatic heterocycles. The summed E-state index contributed by atoms with van der Waals surface area (Å²) in [6.45, 7) is 3.98. The molecule has 5 rings (SSSR count). The van der Waals surface area contributed by atoms with E-state index in [1.165, 1.54) is 17.0 Å². The van der Waals surface area contributed by atoms with Gasteiger partial charge in [-0.15, -0.1) is 0 Å². The standard InChI is InChI=1S/C28H34F2N6O4/c1-28(2,40)16-35-15-17(19-5-3-6-20(29)23(19)30)8-9-21(25(35)37)32-26(38)34-13-10-18(11-14-34)36-22-7-4-12-31-24(22)33-27(36)39/h3-7,12,17-18,21,40H,8-11,13-16H2,1-2H3,(H,32,38)(H,31,33,39)/t17-,21-/m1/s1. The highest BCUT2D eigenvalue weighted by molar-refractivity contribution is 5.87. The first kappa shape index (κ1) is 27.8. The zero-order valence-corrected chi connectivity index (χ0v) is 22.6. The van der Waals surface area contributed by atoms with Gasteiger partial charge in [-0.1, -0.05) is 12.1 Å². The number of halogens is 2. The number of benzene rings is 1. The van der Waals surface area contributed by atoms with E-state index in [4.69, 9.17) is 0 Å². The van der Waals surface area contributed by atoms with Crippen molar-refractivity contribution in [1.29, 1.82) is 0 Å². The molecule has 0 bridgehead atoms. The van der Waals surface area contributed by atoms with Gasteiger partial charge >= 0.3 is 11.7 Å². The van der Waals surface area contributed by atoms with Gasteiger partial charge in [0, 0.05) is 44.3 Å². The van der Waals surface area contributed by atoms with Crippen LogP contribution in [0.4, 0.5) is 13.6 Å². The van der Waals surface area contributed by atoms with Crippen molar-refractivity contribution >= 4 is 23.1 Å². The van der Waals surface area contributed by atoms with E-state index in [0.29, 0.717) is 38.0 Å². The minimum atomic E-state index is -1.22. The second kappa shape index (κ2) is 11.0. The Hall–Kier alpha value is -3.80. The van der Waals surface area contributed by atoms with E-state index < -0.39 is 35.2 Å². The number of aromatic nitrogens is 3. The van der Waals surface area contributed by atoms with E-state index >= 15 is 0 Å². The summed E-state index contributed by atoms with van der Waals surface area (Å²) in [5.74, 6) is -2.77. The van der Waals surface area contributed by atoms with Crippen molar-refractivity contribution in [3.05, 3.63) is 64.2 Å². The molecular weight excluding hydrogens is 522 g/mol. The van der Waals surface area contributed by atoms with E-state index in [2.05, 4.69) is 15.3 Å². The number of urea groups is 1. The van der Waals surface area contributed by atoms with Crippen molar-refractivity contribution < 1.29 is 23.5 Å². The molecule has 0 unspecified atom stereocenters. The van der Waals surface area contributed by atoms with Crippen LogP contribution in [-0.4, -0.2) is 79.2 Å². The number of imidazole rings is 1. The van der Waals surface area contributed by atoms with Crippen LogP contribution in [0.1, 0.15) is 57.1 Å². The van der Waals surface area contributed by atoms with Crippen molar-refractivity contribution in [3.63, 3.8) is 0 Å². The average Bonchev–Trinajstić information content (AvgIpc) is 3.18. The Morgan fingerprint density at radius 2 is 1.88 bits per heavy atom. The summed E-state index contributed by atoms with van der Waals surface area (Å²) >= 11 is 0. The number of nitrogens with zero attached hydrogens (tertiary/aromatic N) is 4. The van der Waals surface area contributed by atoms with Gasteiger partial charge in [-0.05, 0) is 63.3 Å². The topological polar surface area (TPSA) is 124 Å². The van der Waals surface area contributed by atoms with E-state index in [9.17, 15) is 28.3 Å². The van der Waals surface area contributed by atoms with Crippen LogP contribution in [0.15, 0.2) is 41.3 Å². The van der Waals surface area contributed by atoms with E-state index in [1.54, 1.807) is 35.6 Å². The summed E-state index contributed by atoms with van der Waals surface area (Å²) in [6, 6.07) is 6.22. The Balaban J connectivity index is 1.28. The molecule has 0 aliphatic carbocycles. The number of likely N-dealkylation sites (tertiary alicyclic amines) is 2. The molecule has 2 fully saturated rings. The van der Waals surface area contributed by atoms with Crippen LogP contribution in [0.3, 0.4) is 0 Å². The molecule has 2 aromatic heterocycles. The second-order valence-corrected chi connectivity index (χ2v) is 11.3. The summed E-state index contributed by atoms with van der Waals surface area (Å²) in [7, 11) is 0. The molecule has 0 radical (unpaired) electrons. The first-order chi connectivity index (χ1) is 19.0. The lowest BCUT2D eigenvalue weighted by atomic mass is 9.93. The Bertz CT molecular complexity index is 1460. The lowest BCUT2D eigenvalue weighted by Crippen LogP contribution is -2.54. The largest absolute Gasteiger partial charge is 0.389 e. The molecule has 214 valence electrons. The van der Waals surface area contributed by atoms with Crippen LogP contribution in [0.5, 0.6) is 0 Å². The van der Waals surface area contributed by atoms with Gasteiger partial charge < -0.3 is 20.2 Å². The molecule has 10 nitrogen and oxygen atoms in total. The highest BCUT2D eigenvalue weighted by Crippen LogP contribution is 2.31. The van der Waals surface area contributed by atoms with Gasteiger partial charge in [-0.2, -0.15) is 0 Å². The number of H-pyrrole nitrogens is 1. The van der Waals surface area contributed by atoms with Crippen molar-refractivity contribution in [2.75, 3.05) is 26.2 Å². The summed E-state index contributed by atoms with van der Waals surface area (Å²) in [4.78, 5) is 49.3. The third-order valence-corrected chi connectivity index (χ3v) is 7.76. The van der Waals surface area contributed by atoms with Gasteiger partial charge in [0.1, 0.15) is 6.04 Å². The predicted molar refractivity (Wildman–Crippen MR) is 144 cm³/mol. The maximum Gasteiger partial charge on any atom is 0.327 e. The van der Waals surface area contributed by atoms with E-state index in [1.807, 2.05) is 6.07 Å². The zero-order chi connectivity index (χ0) is 28.6. The fourth-order valence-corrected chi connectivity index (χ4v) is 5.88. The average molecular weight is 557 g/mol. The quantitative estimate of drug-likeness (QED) is 0.446. The molecule has 40 heavy (non-hydrogen) atoms. The van der Waals surface area contributed by atoms with Crippen molar-refractivity contribution in [1.82, 2.24) is 29.7 Å². The maximum atomic E-state index is 14.6. The lowest BCUT2D eigenvalue weighted by molar-refractivity contribution is -0.135. The summed E-state index contributed by atoms with van der Waals surface area (Å²) < 4.78 is 30.3. The number of amides is 3. The number of rotatable bonds is 5. The third-order valence-electron chi connectivity index (χ3n) is 7.76. The smallest absolute Gasteiger partial charge is 0.327 e. The van der Waals surface area contributed by atoms with Gasteiger partial charge in [0.15, 0.2) is 17.3 Å². The number of hydrogen-bond donors (Lipinski definition) is 3. The van der Waals surface area contributed by atoms with Crippen LogP contribution >= 0.6 is 0 Å². The van der Waals surface area contributed by atoms with Gasteiger partial charge in [0.2, 0.25) is 5.91 Å². The molecule has 0 spiro atoms. The maximum absolute atomic E-state index is 14.6. The Kier molecular flexibility index (Phi) is 7.63. The molecule has 3 N–H and O–H groups in total. The van der Waals surface area contributed by atoms with Gasteiger partial charge in [0.05, 0.1) is 11.1 Å². The number of aromatic amines is 1.